The normalized spacial score (nSPS) is 10.5. The lowest BCUT2D eigenvalue weighted by molar-refractivity contribution is -0.116. The Balaban J connectivity index is 1.79. The van der Waals surface area contributed by atoms with Gasteiger partial charge < -0.3 is 9.53 Å². The first-order chi connectivity index (χ1) is 9.65. The van der Waals surface area contributed by atoms with E-state index in [4.69, 9.17) is 4.74 Å². The zero-order valence-electron chi connectivity index (χ0n) is 11.9. The van der Waals surface area contributed by atoms with Crippen LogP contribution in [-0.2, 0) is 17.6 Å². The van der Waals surface area contributed by atoms with Crippen LogP contribution in [0.15, 0.2) is 29.8 Å². The van der Waals surface area contributed by atoms with Gasteiger partial charge in [-0.15, -0.1) is 11.3 Å². The molecule has 0 aliphatic carbocycles. The summed E-state index contributed by atoms with van der Waals surface area (Å²) >= 11 is 1.67. The van der Waals surface area contributed by atoms with E-state index in [0.717, 1.165) is 24.3 Å². The Morgan fingerprint density at radius 1 is 1.25 bits per heavy atom. The number of hydrogen-bond acceptors (Lipinski definition) is 4. The third-order valence-electron chi connectivity index (χ3n) is 3.13. The highest BCUT2D eigenvalue weighted by molar-refractivity contribution is 7.09. The predicted octanol–water partition coefficient (Wildman–Crippen LogP) is 3.59. The van der Waals surface area contributed by atoms with Crippen molar-refractivity contribution >= 4 is 17.1 Å². The molecule has 0 aliphatic rings. The third kappa shape index (κ3) is 4.46. The second kappa shape index (κ2) is 7.20. The summed E-state index contributed by atoms with van der Waals surface area (Å²) in [6.45, 7) is 4.31. The number of Topliss-reactive ketones (excluding diaryl/α,β-unsaturated/α-hetero) is 1. The molecule has 0 atom stereocenters. The standard InChI is InChI=1S/C16H19NO2S/c1-12(18)3-4-14-5-7-15(8-6-14)19-10-9-16-13(2)17-11-20-16/h5-8,11H,3-4,9-10H2,1-2H3. The molecule has 1 heterocycles. The van der Waals surface area contributed by atoms with Crippen molar-refractivity contribution < 1.29 is 9.53 Å². The number of carbonyl (C=O) groups is 1. The van der Waals surface area contributed by atoms with Crippen LogP contribution in [0.5, 0.6) is 5.75 Å². The number of ketones is 1. The molecule has 2 rings (SSSR count). The average molecular weight is 289 g/mol. The Morgan fingerprint density at radius 3 is 2.60 bits per heavy atom. The molecule has 20 heavy (non-hydrogen) atoms. The summed E-state index contributed by atoms with van der Waals surface area (Å²) in [7, 11) is 0. The van der Waals surface area contributed by atoms with Crippen LogP contribution in [0.2, 0.25) is 0 Å². The molecule has 0 spiro atoms. The number of aromatic nitrogens is 1. The monoisotopic (exact) mass is 289 g/mol. The minimum atomic E-state index is 0.227. The fraction of sp³-hybridized carbons (Fsp3) is 0.375. The van der Waals surface area contributed by atoms with Crippen LogP contribution >= 0.6 is 11.3 Å². The number of carbonyl (C=O) groups excluding carboxylic acids is 1. The predicted molar refractivity (Wildman–Crippen MR) is 81.5 cm³/mol. The highest BCUT2D eigenvalue weighted by atomic mass is 32.1. The number of aryl methyl sites for hydroxylation is 2. The van der Waals surface area contributed by atoms with Crippen molar-refractivity contribution in [2.75, 3.05) is 6.61 Å². The second-order valence-electron chi connectivity index (χ2n) is 4.81. The van der Waals surface area contributed by atoms with Crippen molar-refractivity contribution in [2.24, 2.45) is 0 Å². The molecule has 4 heteroatoms. The van der Waals surface area contributed by atoms with Crippen molar-refractivity contribution in [3.05, 3.63) is 45.9 Å². The first-order valence-corrected chi connectivity index (χ1v) is 7.63. The quantitative estimate of drug-likeness (QED) is 0.782. The minimum Gasteiger partial charge on any atom is -0.493 e. The fourth-order valence-electron chi connectivity index (χ4n) is 1.90. The molecule has 0 unspecified atom stereocenters. The van der Waals surface area contributed by atoms with Gasteiger partial charge in [0.1, 0.15) is 11.5 Å². The van der Waals surface area contributed by atoms with E-state index in [-0.39, 0.29) is 5.78 Å². The number of benzene rings is 1. The Morgan fingerprint density at radius 2 is 2.00 bits per heavy atom. The number of thiazole rings is 1. The van der Waals surface area contributed by atoms with Crippen LogP contribution in [0, 0.1) is 6.92 Å². The van der Waals surface area contributed by atoms with Gasteiger partial charge in [-0.2, -0.15) is 0 Å². The topological polar surface area (TPSA) is 39.2 Å². The van der Waals surface area contributed by atoms with Crippen LogP contribution in [0.1, 0.15) is 29.5 Å². The van der Waals surface area contributed by atoms with Gasteiger partial charge in [-0.3, -0.25) is 0 Å². The lowest BCUT2D eigenvalue weighted by atomic mass is 10.1. The third-order valence-corrected chi connectivity index (χ3v) is 4.13. The molecule has 0 bridgehead atoms. The highest BCUT2D eigenvalue weighted by Gasteiger charge is 2.02. The van der Waals surface area contributed by atoms with Crippen molar-refractivity contribution in [3.63, 3.8) is 0 Å². The molecule has 106 valence electrons. The van der Waals surface area contributed by atoms with Gasteiger partial charge in [0.25, 0.3) is 0 Å². The molecule has 0 N–H and O–H groups in total. The molecule has 2 aromatic rings. The van der Waals surface area contributed by atoms with Gasteiger partial charge in [0, 0.05) is 17.7 Å². The molecular formula is C16H19NO2S. The van der Waals surface area contributed by atoms with E-state index in [1.165, 1.54) is 10.4 Å². The maximum atomic E-state index is 10.9. The summed E-state index contributed by atoms with van der Waals surface area (Å²) in [5, 5.41) is 0. The smallest absolute Gasteiger partial charge is 0.130 e. The highest BCUT2D eigenvalue weighted by Crippen LogP contribution is 2.16. The molecule has 0 saturated heterocycles. The summed E-state index contributed by atoms with van der Waals surface area (Å²) in [4.78, 5) is 16.4. The number of hydrogen-bond donors (Lipinski definition) is 0. The van der Waals surface area contributed by atoms with Gasteiger partial charge >= 0.3 is 0 Å². The fourth-order valence-corrected chi connectivity index (χ4v) is 2.66. The maximum Gasteiger partial charge on any atom is 0.130 e. The van der Waals surface area contributed by atoms with E-state index in [2.05, 4.69) is 4.98 Å². The summed E-state index contributed by atoms with van der Waals surface area (Å²) in [6, 6.07) is 7.98. The lowest BCUT2D eigenvalue weighted by Crippen LogP contribution is -2.01. The van der Waals surface area contributed by atoms with Crippen molar-refractivity contribution in [1.29, 1.82) is 0 Å². The number of ether oxygens (including phenoxy) is 1. The Labute approximate surface area is 123 Å². The van der Waals surface area contributed by atoms with Gasteiger partial charge in [-0.05, 0) is 38.0 Å². The van der Waals surface area contributed by atoms with Gasteiger partial charge in [0.2, 0.25) is 0 Å². The van der Waals surface area contributed by atoms with Gasteiger partial charge in [0.05, 0.1) is 17.8 Å². The van der Waals surface area contributed by atoms with E-state index < -0.39 is 0 Å². The van der Waals surface area contributed by atoms with Crippen LogP contribution in [0.25, 0.3) is 0 Å². The van der Waals surface area contributed by atoms with E-state index in [0.29, 0.717) is 13.0 Å². The molecule has 0 radical (unpaired) electrons. The summed E-state index contributed by atoms with van der Waals surface area (Å²) in [6.07, 6.45) is 2.29. The van der Waals surface area contributed by atoms with Crippen molar-refractivity contribution in [2.45, 2.75) is 33.1 Å². The van der Waals surface area contributed by atoms with E-state index in [1.54, 1.807) is 18.3 Å². The summed E-state index contributed by atoms with van der Waals surface area (Å²) in [5.41, 5.74) is 4.14. The summed E-state index contributed by atoms with van der Waals surface area (Å²) < 4.78 is 5.73. The molecule has 1 aromatic heterocycles. The van der Waals surface area contributed by atoms with E-state index in [9.17, 15) is 4.79 Å². The second-order valence-corrected chi connectivity index (χ2v) is 5.74. The average Bonchev–Trinajstić information content (AvgIpc) is 2.83. The van der Waals surface area contributed by atoms with E-state index in [1.807, 2.05) is 36.7 Å². The van der Waals surface area contributed by atoms with Crippen LogP contribution in [0.4, 0.5) is 0 Å². The van der Waals surface area contributed by atoms with E-state index >= 15 is 0 Å². The Hall–Kier alpha value is -1.68. The number of rotatable bonds is 7. The van der Waals surface area contributed by atoms with Crippen molar-refractivity contribution in [1.82, 2.24) is 4.98 Å². The molecule has 0 saturated carbocycles. The lowest BCUT2D eigenvalue weighted by Gasteiger charge is -2.06. The molecular weight excluding hydrogens is 270 g/mol. The molecule has 0 aliphatic heterocycles. The molecule has 1 aromatic carbocycles. The van der Waals surface area contributed by atoms with Crippen LogP contribution < -0.4 is 4.74 Å². The van der Waals surface area contributed by atoms with Gasteiger partial charge in [-0.1, -0.05) is 12.1 Å². The SMILES string of the molecule is CC(=O)CCc1ccc(OCCc2scnc2C)cc1. The van der Waals surface area contributed by atoms with Crippen LogP contribution in [-0.4, -0.2) is 17.4 Å². The molecule has 0 amide bonds. The van der Waals surface area contributed by atoms with Crippen molar-refractivity contribution in [3.8, 4) is 5.75 Å². The summed E-state index contributed by atoms with van der Waals surface area (Å²) in [5.74, 6) is 1.10. The first kappa shape index (κ1) is 14.7. The first-order valence-electron chi connectivity index (χ1n) is 6.75. The molecule has 3 nitrogen and oxygen atoms in total. The number of nitrogens with zero attached hydrogens (tertiary/aromatic N) is 1. The zero-order valence-corrected chi connectivity index (χ0v) is 12.7. The maximum absolute atomic E-state index is 10.9. The zero-order chi connectivity index (χ0) is 14.4. The minimum absolute atomic E-state index is 0.227. The van der Waals surface area contributed by atoms with Gasteiger partial charge in [0.15, 0.2) is 0 Å². The Bertz CT molecular complexity index is 560. The van der Waals surface area contributed by atoms with Crippen LogP contribution in [0.3, 0.4) is 0 Å². The van der Waals surface area contributed by atoms with Gasteiger partial charge in [-0.25, -0.2) is 4.98 Å². The largest absolute Gasteiger partial charge is 0.493 e. The molecule has 0 fully saturated rings. The Kier molecular flexibility index (Phi) is 5.30.